The highest BCUT2D eigenvalue weighted by molar-refractivity contribution is 6.00. The minimum absolute atomic E-state index is 0.0154. The fourth-order valence-corrected chi connectivity index (χ4v) is 3.06. The molecule has 0 aliphatic heterocycles. The molecule has 0 saturated carbocycles. The first-order valence-electron chi connectivity index (χ1n) is 9.47. The summed E-state index contributed by atoms with van der Waals surface area (Å²) in [5.41, 5.74) is 1.31. The molecule has 0 aromatic heterocycles. The summed E-state index contributed by atoms with van der Waals surface area (Å²) in [4.78, 5) is 22.6. The standard InChI is InChI=1S/C21H30F2O3/c1-3-4-9-13-21(22,23)14-12-17-16(2)15-19(24)18(17)10-7-5-6-8-11-20(25)26/h5,7,12,14,16H,3-4,6,8-11,13,15H2,1-2H3,(H,25,26). The number of hydrogen-bond acceptors (Lipinski definition) is 2. The molecule has 0 radical (unpaired) electrons. The number of aliphatic carboxylic acids is 1. The lowest BCUT2D eigenvalue weighted by Crippen LogP contribution is -2.12. The van der Waals surface area contributed by atoms with E-state index in [4.69, 9.17) is 5.11 Å². The van der Waals surface area contributed by atoms with Gasteiger partial charge in [-0.25, -0.2) is 8.78 Å². The molecule has 1 atom stereocenters. The summed E-state index contributed by atoms with van der Waals surface area (Å²) in [7, 11) is 0. The van der Waals surface area contributed by atoms with E-state index in [1.165, 1.54) is 6.08 Å². The number of alkyl halides is 2. The number of rotatable bonds is 12. The Morgan fingerprint density at radius 2 is 2.00 bits per heavy atom. The van der Waals surface area contributed by atoms with Crippen molar-refractivity contribution in [3.05, 3.63) is 35.5 Å². The molecular formula is C21H30F2O3. The Bertz CT molecular complexity index is 574. The summed E-state index contributed by atoms with van der Waals surface area (Å²) >= 11 is 0. The van der Waals surface area contributed by atoms with Crippen molar-refractivity contribution in [3.63, 3.8) is 0 Å². The Morgan fingerprint density at radius 1 is 1.27 bits per heavy atom. The predicted octanol–water partition coefficient (Wildman–Crippen LogP) is 5.86. The molecule has 1 unspecified atom stereocenters. The summed E-state index contributed by atoms with van der Waals surface area (Å²) < 4.78 is 27.9. The second kappa shape index (κ2) is 11.0. The van der Waals surface area contributed by atoms with Gasteiger partial charge in [0.2, 0.25) is 0 Å². The molecule has 1 aliphatic carbocycles. The van der Waals surface area contributed by atoms with Crippen LogP contribution in [0.3, 0.4) is 0 Å². The van der Waals surface area contributed by atoms with Gasteiger partial charge in [0.05, 0.1) is 0 Å². The number of hydrogen-bond donors (Lipinski definition) is 1. The zero-order valence-corrected chi connectivity index (χ0v) is 15.8. The highest BCUT2D eigenvalue weighted by atomic mass is 19.3. The van der Waals surface area contributed by atoms with Gasteiger partial charge in [-0.05, 0) is 43.3 Å². The van der Waals surface area contributed by atoms with Crippen LogP contribution in [0.2, 0.25) is 0 Å². The molecule has 0 amide bonds. The smallest absolute Gasteiger partial charge is 0.303 e. The second-order valence-corrected chi connectivity index (χ2v) is 6.98. The van der Waals surface area contributed by atoms with Gasteiger partial charge in [0.15, 0.2) is 5.78 Å². The first kappa shape index (κ1) is 22.3. The van der Waals surface area contributed by atoms with Crippen LogP contribution in [0.1, 0.15) is 71.6 Å². The Morgan fingerprint density at radius 3 is 2.65 bits per heavy atom. The van der Waals surface area contributed by atoms with Crippen molar-refractivity contribution in [3.8, 4) is 0 Å². The normalized spacial score (nSPS) is 18.6. The van der Waals surface area contributed by atoms with Crippen molar-refractivity contribution in [2.75, 3.05) is 0 Å². The van der Waals surface area contributed by atoms with E-state index in [9.17, 15) is 18.4 Å². The number of unbranched alkanes of at least 4 members (excludes halogenated alkanes) is 3. The van der Waals surface area contributed by atoms with E-state index in [1.54, 1.807) is 0 Å². The summed E-state index contributed by atoms with van der Waals surface area (Å²) in [6.45, 7) is 3.86. The van der Waals surface area contributed by atoms with E-state index in [0.717, 1.165) is 18.9 Å². The molecule has 0 aromatic rings. The van der Waals surface area contributed by atoms with E-state index in [1.807, 2.05) is 26.0 Å². The minimum atomic E-state index is -2.84. The van der Waals surface area contributed by atoms with Crippen LogP contribution >= 0.6 is 0 Å². The molecule has 146 valence electrons. The largest absolute Gasteiger partial charge is 0.481 e. The third-order valence-electron chi connectivity index (χ3n) is 4.58. The number of carboxylic acids is 1. The van der Waals surface area contributed by atoms with Gasteiger partial charge in [0, 0.05) is 24.8 Å². The van der Waals surface area contributed by atoms with Gasteiger partial charge >= 0.3 is 5.97 Å². The molecule has 1 rings (SSSR count). The molecule has 1 N–H and O–H groups in total. The number of ketones is 1. The summed E-state index contributed by atoms with van der Waals surface area (Å²) in [5.74, 6) is -3.69. The molecule has 26 heavy (non-hydrogen) atoms. The molecule has 3 nitrogen and oxygen atoms in total. The Hall–Kier alpha value is -1.78. The van der Waals surface area contributed by atoms with E-state index in [0.29, 0.717) is 43.3 Å². The van der Waals surface area contributed by atoms with Gasteiger partial charge in [0.1, 0.15) is 0 Å². The molecule has 0 spiro atoms. The third kappa shape index (κ3) is 8.07. The van der Waals surface area contributed by atoms with Crippen LogP contribution in [0.5, 0.6) is 0 Å². The van der Waals surface area contributed by atoms with Crippen molar-refractivity contribution in [1.29, 1.82) is 0 Å². The number of allylic oxidation sites excluding steroid dienone is 6. The summed E-state index contributed by atoms with van der Waals surface area (Å²) in [6, 6.07) is 0. The predicted molar refractivity (Wildman–Crippen MR) is 99.3 cm³/mol. The van der Waals surface area contributed by atoms with E-state index >= 15 is 0 Å². The number of halogens is 2. The van der Waals surface area contributed by atoms with Gasteiger partial charge in [-0.2, -0.15) is 0 Å². The number of Topliss-reactive ketones (excluding diaryl/α,β-unsaturated/α-hetero) is 1. The Balaban J connectivity index is 2.70. The summed E-state index contributed by atoms with van der Waals surface area (Å²) in [6.07, 6.45) is 10.2. The van der Waals surface area contributed by atoms with Crippen LogP contribution in [-0.4, -0.2) is 22.8 Å². The maximum absolute atomic E-state index is 14.0. The molecule has 0 saturated heterocycles. The van der Waals surface area contributed by atoms with Crippen LogP contribution in [0.4, 0.5) is 8.78 Å². The van der Waals surface area contributed by atoms with Gasteiger partial charge in [-0.15, -0.1) is 0 Å². The molecular weight excluding hydrogens is 338 g/mol. The monoisotopic (exact) mass is 368 g/mol. The zero-order valence-electron chi connectivity index (χ0n) is 15.8. The highest BCUT2D eigenvalue weighted by Crippen LogP contribution is 2.34. The fourth-order valence-electron chi connectivity index (χ4n) is 3.06. The zero-order chi connectivity index (χ0) is 19.6. The topological polar surface area (TPSA) is 54.4 Å². The van der Waals surface area contributed by atoms with E-state index < -0.39 is 11.9 Å². The van der Waals surface area contributed by atoms with Crippen LogP contribution in [-0.2, 0) is 9.59 Å². The van der Waals surface area contributed by atoms with Crippen LogP contribution in [0.15, 0.2) is 35.5 Å². The van der Waals surface area contributed by atoms with Gasteiger partial charge in [0.25, 0.3) is 5.92 Å². The number of carbonyl (C=O) groups is 2. The first-order chi connectivity index (χ1) is 12.3. The van der Waals surface area contributed by atoms with E-state index in [-0.39, 0.29) is 24.5 Å². The van der Waals surface area contributed by atoms with Crippen molar-refractivity contribution in [1.82, 2.24) is 0 Å². The summed E-state index contributed by atoms with van der Waals surface area (Å²) in [5, 5.41) is 8.59. The van der Waals surface area contributed by atoms with Crippen LogP contribution < -0.4 is 0 Å². The van der Waals surface area contributed by atoms with Crippen LogP contribution in [0.25, 0.3) is 0 Å². The average molecular weight is 368 g/mol. The lowest BCUT2D eigenvalue weighted by Gasteiger charge is -2.12. The number of carbonyl (C=O) groups excluding carboxylic acids is 1. The van der Waals surface area contributed by atoms with Crippen molar-refractivity contribution in [2.24, 2.45) is 5.92 Å². The molecule has 0 heterocycles. The molecule has 0 bridgehead atoms. The van der Waals surface area contributed by atoms with Gasteiger partial charge in [-0.1, -0.05) is 44.9 Å². The molecule has 0 aromatic carbocycles. The Labute approximate surface area is 154 Å². The van der Waals surface area contributed by atoms with Crippen LogP contribution in [0, 0.1) is 5.92 Å². The first-order valence-corrected chi connectivity index (χ1v) is 9.47. The minimum Gasteiger partial charge on any atom is -0.481 e. The fraction of sp³-hybridized carbons (Fsp3) is 0.619. The van der Waals surface area contributed by atoms with Gasteiger partial charge in [-0.3, -0.25) is 9.59 Å². The number of carboxylic acid groups (broad SMARTS) is 1. The van der Waals surface area contributed by atoms with Gasteiger partial charge < -0.3 is 5.11 Å². The Kier molecular flexibility index (Phi) is 9.46. The lowest BCUT2D eigenvalue weighted by molar-refractivity contribution is -0.137. The van der Waals surface area contributed by atoms with E-state index in [2.05, 4.69) is 0 Å². The lowest BCUT2D eigenvalue weighted by atomic mass is 9.99. The molecule has 0 fully saturated rings. The molecule has 5 heteroatoms. The van der Waals surface area contributed by atoms with Crippen molar-refractivity contribution < 1.29 is 23.5 Å². The molecule has 1 aliphatic rings. The maximum atomic E-state index is 14.0. The average Bonchev–Trinajstić information content (AvgIpc) is 2.82. The SMILES string of the molecule is CCCCCC(F)(F)C=CC1=C(CC=CCCCC(=O)O)C(=O)CC1C. The van der Waals surface area contributed by atoms with Crippen molar-refractivity contribution in [2.45, 2.75) is 77.6 Å². The quantitative estimate of drug-likeness (QED) is 0.346. The second-order valence-electron chi connectivity index (χ2n) is 6.98. The maximum Gasteiger partial charge on any atom is 0.303 e. The van der Waals surface area contributed by atoms with Crippen molar-refractivity contribution >= 4 is 11.8 Å². The third-order valence-corrected chi connectivity index (χ3v) is 4.58. The highest BCUT2D eigenvalue weighted by Gasteiger charge is 2.29.